The van der Waals surface area contributed by atoms with Gasteiger partial charge < -0.3 is 16.0 Å². The Balaban J connectivity index is 1.51. The summed E-state index contributed by atoms with van der Waals surface area (Å²) >= 11 is 0. The number of fused-ring (bicyclic) bond motifs is 1. The summed E-state index contributed by atoms with van der Waals surface area (Å²) in [5, 5.41) is 3.24. The van der Waals surface area contributed by atoms with Crippen LogP contribution in [0.25, 0.3) is 22.4 Å². The van der Waals surface area contributed by atoms with Crippen LogP contribution in [-0.4, -0.2) is 25.8 Å². The minimum absolute atomic E-state index is 0.452. The quantitative estimate of drug-likeness (QED) is 0.516. The van der Waals surface area contributed by atoms with Gasteiger partial charge in [-0.2, -0.15) is 0 Å². The van der Waals surface area contributed by atoms with E-state index in [1.165, 1.54) is 0 Å². The number of nitrogens with one attached hydrogen (secondary N) is 2. The third kappa shape index (κ3) is 3.23. The van der Waals surface area contributed by atoms with E-state index < -0.39 is 5.91 Å². The second-order valence-electron chi connectivity index (χ2n) is 5.76. The summed E-state index contributed by atoms with van der Waals surface area (Å²) in [6, 6.07) is 16.6. The van der Waals surface area contributed by atoms with Gasteiger partial charge in [-0.15, -0.1) is 0 Å². The van der Waals surface area contributed by atoms with Crippen LogP contribution in [0.15, 0.2) is 60.8 Å². The highest BCUT2D eigenvalue weighted by molar-refractivity contribution is 5.93. The number of hydrogen-bond donors (Lipinski definition) is 3. The first-order chi connectivity index (χ1) is 12.7. The van der Waals surface area contributed by atoms with E-state index in [-0.39, 0.29) is 0 Å². The minimum Gasteiger partial charge on any atom is -0.366 e. The topological polar surface area (TPSA) is 110 Å². The summed E-state index contributed by atoms with van der Waals surface area (Å²) in [4.78, 5) is 27.7. The van der Waals surface area contributed by atoms with Crippen LogP contribution < -0.4 is 11.1 Å². The Labute approximate surface area is 149 Å². The van der Waals surface area contributed by atoms with Gasteiger partial charge in [-0.05, 0) is 30.3 Å². The van der Waals surface area contributed by atoms with Gasteiger partial charge in [0.2, 0.25) is 5.91 Å². The van der Waals surface area contributed by atoms with E-state index in [1.807, 2.05) is 24.3 Å². The third-order valence-corrected chi connectivity index (χ3v) is 3.96. The average Bonchev–Trinajstić information content (AvgIpc) is 3.10. The van der Waals surface area contributed by atoms with Gasteiger partial charge in [-0.25, -0.2) is 15.0 Å². The van der Waals surface area contributed by atoms with Crippen molar-refractivity contribution in [1.82, 2.24) is 19.9 Å². The normalized spacial score (nSPS) is 10.8. The number of aromatic nitrogens is 4. The Hall–Kier alpha value is -3.74. The number of para-hydroxylation sites is 2. The number of primary amides is 1. The van der Waals surface area contributed by atoms with Crippen molar-refractivity contribution in [1.29, 1.82) is 0 Å². The third-order valence-electron chi connectivity index (χ3n) is 3.96. The van der Waals surface area contributed by atoms with Gasteiger partial charge in [0, 0.05) is 17.3 Å². The summed E-state index contributed by atoms with van der Waals surface area (Å²) in [5.74, 6) is 1.63. The zero-order valence-corrected chi connectivity index (χ0v) is 13.8. The van der Waals surface area contributed by atoms with Crippen LogP contribution >= 0.6 is 0 Å². The first-order valence-electron chi connectivity index (χ1n) is 8.10. The number of carbonyl (C=O) groups excluding carboxylic acids is 1. The molecular weight excluding hydrogens is 328 g/mol. The van der Waals surface area contributed by atoms with Crippen molar-refractivity contribution in [3.63, 3.8) is 0 Å². The van der Waals surface area contributed by atoms with Crippen molar-refractivity contribution in [2.75, 3.05) is 5.32 Å². The molecule has 1 amide bonds. The van der Waals surface area contributed by atoms with E-state index in [4.69, 9.17) is 5.73 Å². The molecule has 0 radical (unpaired) electrons. The molecule has 0 atom stereocenters. The monoisotopic (exact) mass is 344 g/mol. The fourth-order valence-corrected chi connectivity index (χ4v) is 2.64. The molecule has 0 saturated carbocycles. The van der Waals surface area contributed by atoms with E-state index in [9.17, 15) is 4.79 Å². The molecule has 0 aliphatic rings. The highest BCUT2D eigenvalue weighted by Crippen LogP contribution is 2.17. The largest absolute Gasteiger partial charge is 0.366 e. The van der Waals surface area contributed by atoms with Crippen molar-refractivity contribution >= 4 is 22.8 Å². The lowest BCUT2D eigenvalue weighted by atomic mass is 10.1. The minimum atomic E-state index is -0.460. The number of carbonyl (C=O) groups is 1. The van der Waals surface area contributed by atoms with E-state index >= 15 is 0 Å². The Morgan fingerprint density at radius 3 is 2.62 bits per heavy atom. The molecule has 0 aliphatic heterocycles. The maximum absolute atomic E-state index is 11.2. The molecule has 7 nitrogen and oxygen atoms in total. The molecule has 0 spiro atoms. The molecule has 2 heterocycles. The van der Waals surface area contributed by atoms with Crippen molar-refractivity contribution in [2.24, 2.45) is 5.73 Å². The number of anilines is 1. The molecule has 0 bridgehead atoms. The van der Waals surface area contributed by atoms with Crippen molar-refractivity contribution < 1.29 is 4.79 Å². The number of nitrogens with two attached hydrogens (primary N) is 1. The van der Waals surface area contributed by atoms with Crippen molar-refractivity contribution in [2.45, 2.75) is 6.54 Å². The molecule has 0 saturated heterocycles. The number of aromatic amines is 1. The molecular formula is C19H16N6O. The Morgan fingerprint density at radius 2 is 1.85 bits per heavy atom. The zero-order chi connectivity index (χ0) is 17.9. The average molecular weight is 344 g/mol. The van der Waals surface area contributed by atoms with Gasteiger partial charge in [0.15, 0.2) is 5.82 Å². The van der Waals surface area contributed by atoms with Crippen LogP contribution in [0.1, 0.15) is 16.2 Å². The van der Waals surface area contributed by atoms with Gasteiger partial charge in [0.05, 0.1) is 17.6 Å². The first kappa shape index (κ1) is 15.8. The van der Waals surface area contributed by atoms with Crippen LogP contribution in [-0.2, 0) is 6.54 Å². The van der Waals surface area contributed by atoms with Crippen LogP contribution in [0.4, 0.5) is 5.82 Å². The second-order valence-corrected chi connectivity index (χ2v) is 5.76. The first-order valence-corrected chi connectivity index (χ1v) is 8.10. The van der Waals surface area contributed by atoms with E-state index in [2.05, 4.69) is 25.3 Å². The molecule has 0 unspecified atom stereocenters. The number of rotatable bonds is 5. The van der Waals surface area contributed by atoms with E-state index in [1.54, 1.807) is 36.5 Å². The van der Waals surface area contributed by atoms with Crippen LogP contribution in [0, 0.1) is 0 Å². The molecule has 7 heteroatoms. The lowest BCUT2D eigenvalue weighted by Crippen LogP contribution is -2.10. The van der Waals surface area contributed by atoms with Gasteiger partial charge >= 0.3 is 0 Å². The molecule has 4 N–H and O–H groups in total. The predicted octanol–water partition coefficient (Wildman–Crippen LogP) is 2.73. The fourth-order valence-electron chi connectivity index (χ4n) is 2.64. The molecule has 2 aromatic carbocycles. The second kappa shape index (κ2) is 6.64. The molecule has 4 aromatic rings. The molecule has 0 aliphatic carbocycles. The van der Waals surface area contributed by atoms with Gasteiger partial charge in [0.25, 0.3) is 0 Å². The Morgan fingerprint density at radius 1 is 1.04 bits per heavy atom. The number of nitrogens with zero attached hydrogens (tertiary/aromatic N) is 3. The van der Waals surface area contributed by atoms with Crippen molar-refractivity contribution in [3.8, 4) is 11.4 Å². The maximum Gasteiger partial charge on any atom is 0.248 e. The van der Waals surface area contributed by atoms with Gasteiger partial charge in [-0.1, -0.05) is 24.3 Å². The summed E-state index contributed by atoms with van der Waals surface area (Å²) in [5.41, 5.74) is 8.45. The summed E-state index contributed by atoms with van der Waals surface area (Å²) in [7, 11) is 0. The predicted molar refractivity (Wildman–Crippen MR) is 99.4 cm³/mol. The van der Waals surface area contributed by atoms with E-state index in [0.717, 1.165) is 22.4 Å². The molecule has 2 aromatic heterocycles. The summed E-state index contributed by atoms with van der Waals surface area (Å²) < 4.78 is 0. The number of H-pyrrole nitrogens is 1. The lowest BCUT2D eigenvalue weighted by Gasteiger charge is -2.06. The van der Waals surface area contributed by atoms with Gasteiger partial charge in [-0.3, -0.25) is 4.79 Å². The highest BCUT2D eigenvalue weighted by atomic mass is 16.1. The smallest absolute Gasteiger partial charge is 0.248 e. The lowest BCUT2D eigenvalue weighted by molar-refractivity contribution is 0.100. The number of imidazole rings is 1. The van der Waals surface area contributed by atoms with Crippen molar-refractivity contribution in [3.05, 3.63) is 72.2 Å². The molecule has 4 rings (SSSR count). The molecule has 0 fully saturated rings. The zero-order valence-electron chi connectivity index (χ0n) is 13.8. The van der Waals surface area contributed by atoms with Crippen LogP contribution in [0.3, 0.4) is 0 Å². The maximum atomic E-state index is 11.2. The summed E-state index contributed by atoms with van der Waals surface area (Å²) in [6.07, 6.45) is 1.69. The Kier molecular flexibility index (Phi) is 4.03. The van der Waals surface area contributed by atoms with Crippen LogP contribution in [0.2, 0.25) is 0 Å². The fraction of sp³-hybridized carbons (Fsp3) is 0.0526. The standard InChI is InChI=1S/C19H16N6O/c20-18(26)12-5-7-13(8-6-12)19-21-10-9-16(25-19)22-11-17-23-14-3-1-2-4-15(14)24-17/h1-10H,11H2,(H2,20,26)(H,23,24)(H,21,22,25). The highest BCUT2D eigenvalue weighted by Gasteiger charge is 2.06. The number of hydrogen-bond acceptors (Lipinski definition) is 5. The van der Waals surface area contributed by atoms with Crippen LogP contribution in [0.5, 0.6) is 0 Å². The number of benzene rings is 2. The molecule has 128 valence electrons. The van der Waals surface area contributed by atoms with E-state index in [0.29, 0.717) is 23.8 Å². The molecule has 26 heavy (non-hydrogen) atoms. The van der Waals surface area contributed by atoms with Gasteiger partial charge in [0.1, 0.15) is 11.6 Å². The Bertz CT molecular complexity index is 1040. The SMILES string of the molecule is NC(=O)c1ccc(-c2nccc(NCc3nc4ccccc4[nH]3)n2)cc1. The number of amides is 1. The summed E-state index contributed by atoms with van der Waals surface area (Å²) in [6.45, 7) is 0.520.